The number of esters is 1. The van der Waals surface area contributed by atoms with E-state index in [-0.39, 0.29) is 53.0 Å². The molecule has 0 aliphatic carbocycles. The number of ether oxygens (including phenoxy) is 9. The number of aliphatic hydroxyl groups is 6. The Labute approximate surface area is 580 Å². The zero-order chi connectivity index (χ0) is 72.7. The van der Waals surface area contributed by atoms with Crippen molar-refractivity contribution in [1.29, 1.82) is 0 Å². The number of phosphoric ester groups is 1. The van der Waals surface area contributed by atoms with Crippen molar-refractivity contribution in [2.45, 2.75) is 221 Å². The third kappa shape index (κ3) is 19.3. The van der Waals surface area contributed by atoms with Gasteiger partial charge >= 0.3 is 19.9 Å². The average molecular weight is 1450 g/mol. The molecule has 101 heavy (non-hydrogen) atoms. The summed E-state index contributed by atoms with van der Waals surface area (Å²) < 4.78 is 78.0. The van der Waals surface area contributed by atoms with E-state index in [1.165, 1.54) is 100 Å². The first-order chi connectivity index (χ1) is 48.4. The number of ketones is 1. The molecule has 16 atom stereocenters. The number of carbonyl (C=O) groups is 6. The van der Waals surface area contributed by atoms with Crippen molar-refractivity contribution in [3.05, 3.63) is 94.3 Å². The molecule has 1 spiro atoms. The smallest absolute Gasteiger partial charge is 0.474 e. The lowest BCUT2D eigenvalue weighted by atomic mass is 9.77. The van der Waals surface area contributed by atoms with Crippen LogP contribution in [0.4, 0.5) is 4.79 Å². The zero-order valence-electron chi connectivity index (χ0n) is 56.1. The molecule has 5 aliphatic heterocycles. The molecule has 7 unspecified atom stereocenters. The standard InChI is InChI=1S/C66H90N7O27P/c1-4-5-6-7-8-9-10-11-12-13-14-15-16-17-24-90-25-26-91-101(88,89)100-64-59(58(98-65(67)87)55(84)56(95-64)35(2)76)97-63-51(69-36(3)77)54(83)57(48(34-75)94-63)96-62-50(53(82)52(81)47(33-74)93-62)70-49(80)32-73-31-38(71-72-73)30-68-60(85)37-18-21-42-41(27-37)61(86)99-66(42)43-22-19-39(78)28-45(43)92-46-29-40(79)20-23-44(46)66/h18-23,27-29,31,47-48,50-59,62-64,74-75,81-84H,4-17,24-26,30,32-34H2,1-3H3,(H8,67,68,69,70,77,78,79,80,85,87,88,89)/p+1/t47?,48?,50?,51?,52-,53+,54+,55+,56?,57+,58-,59?,62-,63-,64+/m0/s1. The molecular weight excluding hydrogens is 1350 g/mol. The van der Waals surface area contributed by atoms with Crippen LogP contribution in [0.2, 0.25) is 0 Å². The molecular formula is C66H91N7O27P+. The Morgan fingerprint density at radius 2 is 1.27 bits per heavy atom. The van der Waals surface area contributed by atoms with Gasteiger partial charge in [0, 0.05) is 53.0 Å². The van der Waals surface area contributed by atoms with Gasteiger partial charge in [-0.2, -0.15) is 4.68 Å². The first-order valence-corrected chi connectivity index (χ1v) is 35.3. The van der Waals surface area contributed by atoms with Crippen LogP contribution in [0.5, 0.6) is 23.0 Å². The number of rotatable bonds is 36. The van der Waals surface area contributed by atoms with E-state index in [1.807, 2.05) is 0 Å². The maximum absolute atomic E-state index is 13.8. The van der Waals surface area contributed by atoms with Gasteiger partial charge in [-0.3, -0.25) is 28.2 Å². The maximum Gasteiger partial charge on any atom is 0.474 e. The molecule has 6 heterocycles. The minimum Gasteiger partial charge on any atom is -0.508 e. The number of hydrogen-bond acceptors (Lipinski definition) is 27. The number of phenolic OH excluding ortho intramolecular Hbond substituents is 2. The highest BCUT2D eigenvalue weighted by molar-refractivity contribution is 7.47. The number of unbranched alkanes of at least 4 members (excludes halogenated alkanes) is 13. The summed E-state index contributed by atoms with van der Waals surface area (Å²) in [7, 11) is -5.28. The van der Waals surface area contributed by atoms with Crippen LogP contribution in [0.15, 0.2) is 60.8 Å². The number of aliphatic hydroxyl groups excluding tert-OH is 6. The fourth-order valence-corrected chi connectivity index (χ4v) is 13.8. The number of aromatic hydroxyl groups is 2. The summed E-state index contributed by atoms with van der Waals surface area (Å²) in [6.07, 6.45) is -9.76. The number of amides is 4. The third-order valence-corrected chi connectivity index (χ3v) is 18.9. The number of aromatic amines is 1. The summed E-state index contributed by atoms with van der Waals surface area (Å²) in [4.78, 5) is 90.3. The number of phenols is 2. The monoisotopic (exact) mass is 1440 g/mol. The second-order valence-corrected chi connectivity index (χ2v) is 26.8. The number of nitrogens with two attached hydrogens (primary N) is 1. The summed E-state index contributed by atoms with van der Waals surface area (Å²) in [5.41, 5.74) is 5.21. The molecule has 1 aromatic heterocycles. The third-order valence-electron chi connectivity index (χ3n) is 18.0. The van der Waals surface area contributed by atoms with Crippen molar-refractivity contribution in [2.75, 3.05) is 33.0 Å². The van der Waals surface area contributed by atoms with Crippen LogP contribution in [-0.4, -0.2) is 217 Å². The van der Waals surface area contributed by atoms with Gasteiger partial charge in [-0.1, -0.05) is 102 Å². The fraction of sp³-hybridized carbons (Fsp3) is 0.606. The zero-order valence-corrected chi connectivity index (χ0v) is 57.0. The molecule has 15 N–H and O–H groups in total. The Balaban J connectivity index is 0.814. The van der Waals surface area contributed by atoms with Gasteiger partial charge in [0.15, 0.2) is 55.2 Å². The van der Waals surface area contributed by atoms with Crippen molar-refractivity contribution in [2.24, 2.45) is 5.73 Å². The minimum absolute atomic E-state index is 0.0474. The lowest BCUT2D eigenvalue weighted by molar-refractivity contribution is -0.742. The van der Waals surface area contributed by atoms with E-state index in [4.69, 9.17) is 57.4 Å². The highest BCUT2D eigenvalue weighted by Crippen LogP contribution is 2.57. The number of primary amides is 1. The molecule has 34 nitrogen and oxygen atoms in total. The van der Waals surface area contributed by atoms with Crippen LogP contribution < -0.4 is 31.1 Å². The first-order valence-electron chi connectivity index (χ1n) is 33.8. The number of hydrogen-bond donors (Lipinski definition) is 14. The van der Waals surface area contributed by atoms with Gasteiger partial charge in [0.1, 0.15) is 83.9 Å². The molecule has 0 saturated carbocycles. The van der Waals surface area contributed by atoms with E-state index in [1.54, 1.807) is 18.2 Å². The maximum atomic E-state index is 13.8. The largest absolute Gasteiger partial charge is 0.508 e. The van der Waals surface area contributed by atoms with Gasteiger partial charge in [0.2, 0.25) is 11.6 Å². The average Bonchev–Trinajstić information content (AvgIpc) is 1.60. The number of aromatic nitrogens is 3. The Hall–Kier alpha value is -7.35. The number of phosphoric acid groups is 1. The van der Waals surface area contributed by atoms with Crippen LogP contribution in [0.3, 0.4) is 0 Å². The lowest BCUT2D eigenvalue weighted by Crippen LogP contribution is -2.70. The number of Topliss-reactive ketones (excluding diaryl/α,β-unsaturated/α-hetero) is 1. The second kappa shape index (κ2) is 35.7. The molecule has 3 aromatic carbocycles. The summed E-state index contributed by atoms with van der Waals surface area (Å²) in [6.45, 7) is 1.03. The fourth-order valence-electron chi connectivity index (χ4n) is 13.0. The number of nitrogens with one attached hydrogen (secondary N) is 4. The van der Waals surface area contributed by atoms with Crippen LogP contribution >= 0.6 is 7.82 Å². The van der Waals surface area contributed by atoms with Gasteiger partial charge < -0.3 is 110 Å². The van der Waals surface area contributed by atoms with Crippen molar-refractivity contribution in [3.63, 3.8) is 0 Å². The summed E-state index contributed by atoms with van der Waals surface area (Å²) in [6, 6.07) is 9.30. The summed E-state index contributed by atoms with van der Waals surface area (Å²) in [5, 5.41) is 102. The highest BCUT2D eigenvalue weighted by Gasteiger charge is 2.58. The normalized spacial score (nSPS) is 27.0. The number of nitrogens with zero attached hydrogens (tertiary/aromatic N) is 2. The van der Waals surface area contributed by atoms with Gasteiger partial charge in [0.25, 0.3) is 11.8 Å². The van der Waals surface area contributed by atoms with Crippen molar-refractivity contribution < 1.29 is 135 Å². The van der Waals surface area contributed by atoms with Crippen molar-refractivity contribution in [1.82, 2.24) is 26.3 Å². The second-order valence-electron chi connectivity index (χ2n) is 25.4. The summed E-state index contributed by atoms with van der Waals surface area (Å²) in [5.74, 6) is -4.03. The highest BCUT2D eigenvalue weighted by atomic mass is 31.2. The van der Waals surface area contributed by atoms with Gasteiger partial charge in [-0.05, 0) is 49.7 Å². The molecule has 0 bridgehead atoms. The molecule has 4 aromatic rings. The number of H-pyrrole nitrogens is 1. The van der Waals surface area contributed by atoms with Crippen molar-refractivity contribution in [3.8, 4) is 23.0 Å². The van der Waals surface area contributed by atoms with E-state index < -0.39 is 167 Å². The van der Waals surface area contributed by atoms with E-state index in [0.717, 1.165) is 50.6 Å². The van der Waals surface area contributed by atoms with Crippen LogP contribution in [-0.2, 0) is 84.6 Å². The van der Waals surface area contributed by atoms with E-state index >= 15 is 0 Å². The Bertz CT molecular complexity index is 3500. The van der Waals surface area contributed by atoms with Gasteiger partial charge in [0.05, 0.1) is 38.5 Å². The number of fused-ring (bicyclic) bond motifs is 6. The molecule has 556 valence electrons. The minimum atomic E-state index is -5.28. The molecule has 4 amide bonds. The van der Waals surface area contributed by atoms with Gasteiger partial charge in [-0.25, -0.2) is 14.2 Å². The predicted octanol–water partition coefficient (Wildman–Crippen LogP) is 1.65. The molecule has 0 radical (unpaired) electrons. The van der Waals surface area contributed by atoms with E-state index in [2.05, 4.69) is 33.2 Å². The molecule has 3 fully saturated rings. The lowest BCUT2D eigenvalue weighted by Gasteiger charge is -2.49. The Morgan fingerprint density at radius 1 is 0.683 bits per heavy atom. The summed E-state index contributed by atoms with van der Waals surface area (Å²) >= 11 is 0. The van der Waals surface area contributed by atoms with Crippen molar-refractivity contribution >= 4 is 43.4 Å². The van der Waals surface area contributed by atoms with Crippen LogP contribution in [0.25, 0.3) is 0 Å². The van der Waals surface area contributed by atoms with E-state index in [9.17, 15) is 79.1 Å². The quantitative estimate of drug-likeness (QED) is 0.0133. The van der Waals surface area contributed by atoms with Crippen LogP contribution in [0.1, 0.15) is 154 Å². The molecule has 5 aliphatic rings. The number of carbonyl (C=O) groups excluding carboxylic acids is 6. The Morgan fingerprint density at radius 3 is 1.86 bits per heavy atom. The predicted molar refractivity (Wildman–Crippen MR) is 345 cm³/mol. The van der Waals surface area contributed by atoms with Gasteiger partial charge in [-0.15, -0.1) is 0 Å². The molecule has 9 rings (SSSR count). The molecule has 35 heteroatoms. The molecule has 3 saturated heterocycles. The SMILES string of the molecule is CCCCCCCCCCCCCCCCOCCOP(=O)(O)O[C@H]1OC(C(C)=O)[C@@H](O)[C@H](OC(N)=O)C1O[C@@H]1OC(CO)[C@@H](O[C@@H]2OC(CO)[C@H](O)[C@H](O)C2NC(=O)C[n+]2cc(CNC(=O)c3ccc4c(c3)C(=O)OC43c4ccc(O)cc4Oc4cc(O)ccc43)n[nH]2)[C@H](O)C1NC(C)=O. The van der Waals surface area contributed by atoms with E-state index in [0.29, 0.717) is 23.3 Å². The topological polar surface area (TPSA) is 498 Å². The Kier molecular flexibility index (Phi) is 27.5. The number of benzene rings is 3. The first kappa shape index (κ1) is 77.8. The van der Waals surface area contributed by atoms with Crippen LogP contribution in [0, 0.1) is 0 Å².